The van der Waals surface area contributed by atoms with Gasteiger partial charge in [0.05, 0.1) is 5.41 Å². The number of rotatable bonds is 8. The highest BCUT2D eigenvalue weighted by atomic mass is 32.2. The van der Waals surface area contributed by atoms with Gasteiger partial charge in [-0.1, -0.05) is 49.3 Å². The number of hydrogen-bond acceptors (Lipinski definition) is 4. The van der Waals surface area contributed by atoms with Crippen molar-refractivity contribution in [2.24, 2.45) is 5.92 Å². The second-order valence-electron chi connectivity index (χ2n) is 10.6. The number of carbonyl (C=O) groups excluding carboxylic acids is 1. The zero-order valence-electron chi connectivity index (χ0n) is 21.4. The highest BCUT2D eigenvalue weighted by Gasteiger charge is 2.44. The van der Waals surface area contributed by atoms with Crippen molar-refractivity contribution in [2.45, 2.75) is 68.5 Å². The molecule has 2 heterocycles. The highest BCUT2D eigenvalue weighted by molar-refractivity contribution is 7.89. The second-order valence-corrected chi connectivity index (χ2v) is 12.7. The van der Waals surface area contributed by atoms with Crippen LogP contribution in [0.25, 0.3) is 0 Å². The summed E-state index contributed by atoms with van der Waals surface area (Å²) in [4.78, 5) is 13.3. The molecule has 37 heavy (non-hydrogen) atoms. The molecule has 1 saturated carbocycles. The highest BCUT2D eigenvalue weighted by Crippen LogP contribution is 2.40. The van der Waals surface area contributed by atoms with Crippen molar-refractivity contribution < 1.29 is 22.3 Å². The predicted molar refractivity (Wildman–Crippen MR) is 142 cm³/mol. The third-order valence-corrected chi connectivity index (χ3v) is 10.6. The number of amides is 1. The zero-order valence-corrected chi connectivity index (χ0v) is 22.2. The number of sulfonamides is 1. The van der Waals surface area contributed by atoms with Crippen LogP contribution in [0.15, 0.2) is 48.5 Å². The van der Waals surface area contributed by atoms with Crippen LogP contribution in [-0.2, 0) is 31.5 Å². The van der Waals surface area contributed by atoms with Crippen molar-refractivity contribution in [3.63, 3.8) is 0 Å². The lowest BCUT2D eigenvalue weighted by atomic mass is 9.70. The van der Waals surface area contributed by atoms with Crippen molar-refractivity contribution >= 4 is 23.2 Å². The van der Waals surface area contributed by atoms with Gasteiger partial charge in [0, 0.05) is 31.9 Å². The van der Waals surface area contributed by atoms with E-state index in [0.29, 0.717) is 62.5 Å². The molecule has 5 rings (SSSR count). The first kappa shape index (κ1) is 26.4. The molecule has 2 aromatic rings. The molecule has 3 aliphatic rings. The van der Waals surface area contributed by atoms with Gasteiger partial charge in [-0.3, -0.25) is 4.79 Å². The summed E-state index contributed by atoms with van der Waals surface area (Å²) < 4.78 is 50.0. The number of ether oxygens (including phenoxy) is 1. The fourth-order valence-electron chi connectivity index (χ4n) is 5.75. The van der Waals surface area contributed by atoms with Crippen molar-refractivity contribution in [1.82, 2.24) is 9.62 Å². The van der Waals surface area contributed by atoms with Crippen molar-refractivity contribution in [3.8, 4) is 0 Å². The topological polar surface area (TPSA) is 75.7 Å². The average molecular weight is 525 g/mol. The Morgan fingerprint density at radius 1 is 1.11 bits per heavy atom. The van der Waals surface area contributed by atoms with E-state index in [1.807, 2.05) is 44.4 Å². The second kappa shape index (κ2) is 10.9. The molecule has 2 saturated heterocycles. The molecule has 1 amide bonds. The molecule has 0 bridgehead atoms. The Labute approximate surface area is 220 Å². The Balaban J connectivity index is 1.41. The van der Waals surface area contributed by atoms with Crippen LogP contribution < -0.4 is 5.32 Å². The van der Waals surface area contributed by atoms with E-state index in [0.717, 1.165) is 18.4 Å². The molecule has 3 fully saturated rings. The minimum absolute atomic E-state index is 0.0449. The quantitative estimate of drug-likeness (QED) is 0.526. The van der Waals surface area contributed by atoms with Crippen LogP contribution in [0.3, 0.4) is 0 Å². The fraction of sp³-hybridized carbons (Fsp3) is 0.536. The predicted octanol–water partition coefficient (Wildman–Crippen LogP) is 4.15. The van der Waals surface area contributed by atoms with E-state index in [-0.39, 0.29) is 18.4 Å². The maximum Gasteiger partial charge on any atom is 0.230 e. The van der Waals surface area contributed by atoms with E-state index >= 15 is 4.39 Å². The van der Waals surface area contributed by atoms with E-state index < -0.39 is 26.5 Å². The molecule has 2 aromatic carbocycles. The number of carbonyl (C=O) groups is 1. The summed E-state index contributed by atoms with van der Waals surface area (Å²) in [6, 6.07) is 14.1. The summed E-state index contributed by atoms with van der Waals surface area (Å²) in [5, 5.41) is 2.44. The number of hydrogen-bond donors (Lipinski definition) is 1. The van der Waals surface area contributed by atoms with Gasteiger partial charge in [0.1, 0.15) is 18.3 Å². The summed E-state index contributed by atoms with van der Waals surface area (Å²) >= 11 is 0. The summed E-state index contributed by atoms with van der Waals surface area (Å²) in [6.45, 7) is 3.36. The van der Waals surface area contributed by atoms with Crippen LogP contribution in [-0.4, -0.2) is 51.6 Å². The molecule has 0 spiro atoms. The Morgan fingerprint density at radius 2 is 1.84 bits per heavy atom. The minimum Gasteiger partial charge on any atom is -0.381 e. The molecule has 1 radical (unpaired) electrons. The average Bonchev–Trinajstić information content (AvgIpc) is 3.74. The number of benzene rings is 2. The monoisotopic (exact) mass is 525 g/mol. The fourth-order valence-corrected chi connectivity index (χ4v) is 7.94. The van der Waals surface area contributed by atoms with Crippen LogP contribution in [0.2, 0.25) is 6.82 Å². The molecule has 6 nitrogen and oxygen atoms in total. The lowest BCUT2D eigenvalue weighted by Crippen LogP contribution is -2.49. The third-order valence-electron chi connectivity index (χ3n) is 8.30. The van der Waals surface area contributed by atoms with E-state index in [4.69, 9.17) is 4.74 Å². The van der Waals surface area contributed by atoms with E-state index in [1.54, 1.807) is 12.1 Å². The lowest BCUT2D eigenvalue weighted by molar-refractivity contribution is -0.130. The van der Waals surface area contributed by atoms with Crippen LogP contribution in [0, 0.1) is 11.7 Å². The summed E-state index contributed by atoms with van der Waals surface area (Å²) in [6.07, 6.45) is 4.48. The Hall–Kier alpha value is -2.23. The van der Waals surface area contributed by atoms with Gasteiger partial charge in [0.15, 0.2) is 0 Å². The van der Waals surface area contributed by atoms with Crippen LogP contribution in [0.1, 0.15) is 60.5 Å². The van der Waals surface area contributed by atoms with Gasteiger partial charge in [-0.15, -0.1) is 0 Å². The number of nitrogens with one attached hydrogen (secondary N) is 1. The van der Waals surface area contributed by atoms with Crippen LogP contribution in [0.5, 0.6) is 0 Å². The third kappa shape index (κ3) is 5.36. The summed E-state index contributed by atoms with van der Waals surface area (Å²) in [5.41, 5.74) is 0.875. The molecule has 0 unspecified atom stereocenters. The molecule has 2 atom stereocenters. The van der Waals surface area contributed by atoms with Crippen LogP contribution >= 0.6 is 0 Å². The smallest absolute Gasteiger partial charge is 0.230 e. The van der Waals surface area contributed by atoms with E-state index in [1.165, 1.54) is 10.4 Å². The first-order valence-corrected chi connectivity index (χ1v) is 14.9. The molecular weight excluding hydrogens is 490 g/mol. The first-order valence-electron chi connectivity index (χ1n) is 13.4. The van der Waals surface area contributed by atoms with Crippen LogP contribution in [0.4, 0.5) is 4.39 Å². The summed E-state index contributed by atoms with van der Waals surface area (Å²) in [7, 11) is -1.82. The largest absolute Gasteiger partial charge is 0.381 e. The maximum atomic E-state index is 15.6. The van der Waals surface area contributed by atoms with Gasteiger partial charge in [0.25, 0.3) is 0 Å². The molecule has 1 aliphatic carbocycles. The molecule has 0 aromatic heterocycles. The maximum absolute atomic E-state index is 15.6. The van der Waals surface area contributed by atoms with Gasteiger partial charge in [-0.05, 0) is 67.6 Å². The van der Waals surface area contributed by atoms with Gasteiger partial charge in [-0.2, -0.15) is 0 Å². The van der Waals surface area contributed by atoms with Gasteiger partial charge in [-0.25, -0.2) is 17.1 Å². The van der Waals surface area contributed by atoms with Gasteiger partial charge in [0.2, 0.25) is 15.9 Å². The summed E-state index contributed by atoms with van der Waals surface area (Å²) in [5.74, 6) is -0.293. The lowest BCUT2D eigenvalue weighted by Gasteiger charge is -2.39. The number of halogens is 1. The molecular formula is C28H35BFN2O4S. The normalized spacial score (nSPS) is 25.4. The Bertz CT molecular complexity index is 1220. The first-order chi connectivity index (χ1) is 17.8. The van der Waals surface area contributed by atoms with Crippen molar-refractivity contribution in [1.29, 1.82) is 0 Å². The van der Waals surface area contributed by atoms with E-state index in [2.05, 4.69) is 5.32 Å². The standard InChI is InChI=1S/C28H35BFN2O4S/c1-29-26-12-11-25(21-5-3-2-4-6-21)37(34,35)32(26)19-22-9-10-23(17-24(22)30)28(13-15-36-16-14-28)27(33)31-18-20-7-8-20/h2-6,9-10,17,20,25-26H,7-8,11-16,18-19H2,1H3,(H,31,33)/t25-,26-/m1/s1. The minimum atomic E-state index is -3.70. The Kier molecular flexibility index (Phi) is 7.75. The zero-order chi connectivity index (χ0) is 26.0. The van der Waals surface area contributed by atoms with Crippen molar-refractivity contribution in [3.05, 3.63) is 71.0 Å². The molecule has 9 heteroatoms. The Morgan fingerprint density at radius 3 is 2.49 bits per heavy atom. The van der Waals surface area contributed by atoms with E-state index in [9.17, 15) is 13.2 Å². The molecule has 197 valence electrons. The molecule has 2 aliphatic heterocycles. The molecule has 1 N–H and O–H groups in total. The SMILES string of the molecule is C[B][C@H]1CC[C@H](c2ccccc2)S(=O)(=O)N1Cc1ccc(C2(C(=O)NCC3CC3)CCOCC2)cc1F. The van der Waals surface area contributed by atoms with Gasteiger partial charge >= 0.3 is 0 Å². The number of nitrogens with zero attached hydrogens (tertiary/aromatic N) is 1. The van der Waals surface area contributed by atoms with Gasteiger partial charge < -0.3 is 10.1 Å². The van der Waals surface area contributed by atoms with Crippen molar-refractivity contribution in [2.75, 3.05) is 19.8 Å².